The number of amides is 2. The van der Waals surface area contributed by atoms with E-state index in [9.17, 15) is 9.59 Å². The Kier molecular flexibility index (Phi) is 5.16. The lowest BCUT2D eigenvalue weighted by atomic mass is 9.96. The number of fused-ring (bicyclic) bond motifs is 2. The zero-order chi connectivity index (χ0) is 18.8. The molecule has 2 amide bonds. The van der Waals surface area contributed by atoms with Gasteiger partial charge in [-0.2, -0.15) is 0 Å². The van der Waals surface area contributed by atoms with E-state index in [2.05, 4.69) is 17.4 Å². The van der Waals surface area contributed by atoms with Crippen LogP contribution < -0.4 is 11.1 Å². The van der Waals surface area contributed by atoms with Crippen LogP contribution in [0.1, 0.15) is 36.0 Å². The zero-order valence-corrected chi connectivity index (χ0v) is 15.6. The first kappa shape index (κ1) is 18.0. The lowest BCUT2D eigenvalue weighted by Crippen LogP contribution is -2.46. The number of furan rings is 1. The third-order valence-corrected chi connectivity index (χ3v) is 5.80. The van der Waals surface area contributed by atoms with E-state index in [1.165, 1.54) is 17.5 Å². The van der Waals surface area contributed by atoms with Gasteiger partial charge in [-0.05, 0) is 55.4 Å². The van der Waals surface area contributed by atoms with Crippen LogP contribution in [-0.2, 0) is 28.9 Å². The lowest BCUT2D eigenvalue weighted by molar-refractivity contribution is -0.135. The van der Waals surface area contributed by atoms with Crippen molar-refractivity contribution in [2.75, 3.05) is 26.2 Å². The molecule has 144 valence electrons. The lowest BCUT2D eigenvalue weighted by Gasteiger charge is -2.32. The summed E-state index contributed by atoms with van der Waals surface area (Å²) >= 11 is 0. The minimum Gasteiger partial charge on any atom is -0.464 e. The van der Waals surface area contributed by atoms with E-state index in [-0.39, 0.29) is 17.7 Å². The predicted molar refractivity (Wildman–Crippen MR) is 103 cm³/mol. The van der Waals surface area contributed by atoms with Gasteiger partial charge < -0.3 is 20.4 Å². The van der Waals surface area contributed by atoms with E-state index < -0.39 is 0 Å². The van der Waals surface area contributed by atoms with Crippen LogP contribution in [0.4, 0.5) is 0 Å². The van der Waals surface area contributed by atoms with Gasteiger partial charge in [0.05, 0.1) is 18.6 Å². The second-order valence-corrected chi connectivity index (χ2v) is 7.67. The molecule has 2 aliphatic rings. The Balaban J connectivity index is 1.44. The van der Waals surface area contributed by atoms with Crippen LogP contribution in [0.5, 0.6) is 0 Å². The number of rotatable bonds is 5. The number of piperidine rings is 1. The van der Waals surface area contributed by atoms with E-state index in [0.29, 0.717) is 32.6 Å². The summed E-state index contributed by atoms with van der Waals surface area (Å²) in [6.45, 7) is 2.11. The van der Waals surface area contributed by atoms with Crippen molar-refractivity contribution in [2.24, 2.45) is 11.7 Å². The van der Waals surface area contributed by atoms with Gasteiger partial charge in [-0.25, -0.2) is 0 Å². The maximum absolute atomic E-state index is 12.9. The Morgan fingerprint density at radius 3 is 2.85 bits per heavy atom. The third-order valence-electron chi connectivity index (χ3n) is 5.80. The van der Waals surface area contributed by atoms with Crippen molar-refractivity contribution in [2.45, 2.75) is 38.5 Å². The summed E-state index contributed by atoms with van der Waals surface area (Å²) in [4.78, 5) is 26.9. The van der Waals surface area contributed by atoms with Gasteiger partial charge in [-0.1, -0.05) is 0 Å². The SMILES string of the molecule is NCCNC(=O)C1CCCN(C(=O)Cc2coc3cc4c(cc23)CCC4)C1. The third kappa shape index (κ3) is 3.72. The highest BCUT2D eigenvalue weighted by atomic mass is 16.3. The quantitative estimate of drug-likeness (QED) is 0.841. The molecule has 1 aliphatic carbocycles. The number of nitrogens with one attached hydrogen (secondary N) is 1. The molecule has 1 aliphatic heterocycles. The van der Waals surface area contributed by atoms with Crippen LogP contribution in [0.3, 0.4) is 0 Å². The Hall–Kier alpha value is -2.34. The molecule has 1 atom stereocenters. The Labute approximate surface area is 159 Å². The van der Waals surface area contributed by atoms with Gasteiger partial charge in [0.1, 0.15) is 5.58 Å². The number of nitrogens with zero attached hydrogens (tertiary/aromatic N) is 1. The highest BCUT2D eigenvalue weighted by molar-refractivity contribution is 5.89. The zero-order valence-electron chi connectivity index (χ0n) is 15.6. The van der Waals surface area contributed by atoms with Crippen LogP contribution in [0.2, 0.25) is 0 Å². The second kappa shape index (κ2) is 7.72. The van der Waals surface area contributed by atoms with E-state index in [0.717, 1.165) is 42.2 Å². The Morgan fingerprint density at radius 1 is 1.22 bits per heavy atom. The molecular weight excluding hydrogens is 342 g/mol. The molecule has 1 aromatic heterocycles. The number of carbonyl (C=O) groups is 2. The molecule has 1 saturated heterocycles. The van der Waals surface area contributed by atoms with Crippen molar-refractivity contribution in [3.8, 4) is 0 Å². The molecule has 0 spiro atoms. The molecular formula is C21H27N3O3. The van der Waals surface area contributed by atoms with Gasteiger partial charge in [-0.15, -0.1) is 0 Å². The van der Waals surface area contributed by atoms with Gasteiger partial charge in [-0.3, -0.25) is 9.59 Å². The monoisotopic (exact) mass is 369 g/mol. The van der Waals surface area contributed by atoms with Crippen LogP contribution >= 0.6 is 0 Å². The van der Waals surface area contributed by atoms with Crippen molar-refractivity contribution in [1.82, 2.24) is 10.2 Å². The number of benzene rings is 1. The largest absolute Gasteiger partial charge is 0.464 e. The number of nitrogens with two attached hydrogens (primary N) is 1. The van der Waals surface area contributed by atoms with E-state index in [1.807, 2.05) is 4.90 Å². The number of aryl methyl sites for hydroxylation is 2. The Bertz CT molecular complexity index is 858. The second-order valence-electron chi connectivity index (χ2n) is 7.67. The van der Waals surface area contributed by atoms with Gasteiger partial charge in [0.15, 0.2) is 0 Å². The van der Waals surface area contributed by atoms with Gasteiger partial charge in [0, 0.05) is 37.1 Å². The summed E-state index contributed by atoms with van der Waals surface area (Å²) in [5.41, 5.74) is 10.0. The molecule has 27 heavy (non-hydrogen) atoms. The summed E-state index contributed by atoms with van der Waals surface area (Å²) in [7, 11) is 0. The van der Waals surface area contributed by atoms with Gasteiger partial charge in [0.25, 0.3) is 0 Å². The number of likely N-dealkylation sites (tertiary alicyclic amines) is 1. The van der Waals surface area contributed by atoms with Crippen molar-refractivity contribution in [3.63, 3.8) is 0 Å². The summed E-state index contributed by atoms with van der Waals surface area (Å²) in [6, 6.07) is 4.33. The normalized spacial score (nSPS) is 19.3. The fourth-order valence-electron chi connectivity index (χ4n) is 4.32. The van der Waals surface area contributed by atoms with Gasteiger partial charge >= 0.3 is 0 Å². The molecule has 0 bridgehead atoms. The molecule has 6 heteroatoms. The fourth-order valence-corrected chi connectivity index (χ4v) is 4.32. The maximum atomic E-state index is 12.9. The summed E-state index contributed by atoms with van der Waals surface area (Å²) in [5.74, 6) is -0.0737. The van der Waals surface area contributed by atoms with Crippen LogP contribution in [0.15, 0.2) is 22.8 Å². The molecule has 3 N–H and O–H groups in total. The van der Waals surface area contributed by atoms with E-state index in [4.69, 9.17) is 10.2 Å². The fraction of sp³-hybridized carbons (Fsp3) is 0.524. The maximum Gasteiger partial charge on any atom is 0.227 e. The predicted octanol–water partition coefficient (Wildman–Crippen LogP) is 1.78. The average Bonchev–Trinajstić information content (AvgIpc) is 3.31. The van der Waals surface area contributed by atoms with Gasteiger partial charge in [0.2, 0.25) is 11.8 Å². The molecule has 2 aromatic rings. The van der Waals surface area contributed by atoms with Crippen LogP contribution in [0.25, 0.3) is 11.0 Å². The van der Waals surface area contributed by atoms with Crippen molar-refractivity contribution in [3.05, 3.63) is 35.1 Å². The molecule has 2 heterocycles. The minimum absolute atomic E-state index is 0.00211. The van der Waals surface area contributed by atoms with Crippen molar-refractivity contribution in [1.29, 1.82) is 0 Å². The summed E-state index contributed by atoms with van der Waals surface area (Å²) in [5, 5.41) is 3.89. The molecule has 4 rings (SSSR count). The molecule has 0 saturated carbocycles. The number of hydrogen-bond donors (Lipinski definition) is 2. The smallest absolute Gasteiger partial charge is 0.227 e. The summed E-state index contributed by atoms with van der Waals surface area (Å²) in [6.07, 6.45) is 7.12. The molecule has 1 unspecified atom stereocenters. The highest BCUT2D eigenvalue weighted by Gasteiger charge is 2.28. The molecule has 1 fully saturated rings. The van der Waals surface area contributed by atoms with Crippen molar-refractivity contribution >= 4 is 22.8 Å². The average molecular weight is 369 g/mol. The first-order valence-electron chi connectivity index (χ1n) is 9.93. The molecule has 1 aromatic carbocycles. The van der Waals surface area contributed by atoms with E-state index >= 15 is 0 Å². The highest BCUT2D eigenvalue weighted by Crippen LogP contribution is 2.31. The summed E-state index contributed by atoms with van der Waals surface area (Å²) < 4.78 is 5.72. The van der Waals surface area contributed by atoms with Crippen LogP contribution in [0, 0.1) is 5.92 Å². The topological polar surface area (TPSA) is 88.6 Å². The van der Waals surface area contributed by atoms with Crippen molar-refractivity contribution < 1.29 is 14.0 Å². The molecule has 6 nitrogen and oxygen atoms in total. The first-order valence-corrected chi connectivity index (χ1v) is 9.93. The van der Waals surface area contributed by atoms with E-state index in [1.54, 1.807) is 6.26 Å². The molecule has 0 radical (unpaired) electrons. The Morgan fingerprint density at radius 2 is 2.04 bits per heavy atom. The number of carbonyl (C=O) groups excluding carboxylic acids is 2. The minimum atomic E-state index is -0.140. The first-order chi connectivity index (χ1) is 13.2. The van der Waals surface area contributed by atoms with Crippen LogP contribution in [-0.4, -0.2) is 42.9 Å². The number of hydrogen-bond acceptors (Lipinski definition) is 4. The standard InChI is InChI=1S/C21H27N3O3/c22-6-7-23-21(26)16-5-2-8-24(12-16)20(25)11-17-13-27-19-10-15-4-1-3-14(15)9-18(17)19/h9-10,13,16H,1-8,11-12,22H2,(H,23,26).